The van der Waals surface area contributed by atoms with E-state index in [-0.39, 0.29) is 0 Å². The van der Waals surface area contributed by atoms with Gasteiger partial charge >= 0.3 is 0 Å². The maximum Gasteiger partial charge on any atom is 0.191 e. The van der Waals surface area contributed by atoms with Crippen LogP contribution in [0.5, 0.6) is 0 Å². The van der Waals surface area contributed by atoms with Gasteiger partial charge in [0, 0.05) is 13.3 Å². The van der Waals surface area contributed by atoms with Crippen molar-refractivity contribution in [2.45, 2.75) is 26.3 Å². The zero-order chi connectivity index (χ0) is 13.5. The Morgan fingerprint density at radius 1 is 1.10 bits per heavy atom. The molecule has 0 amide bonds. The Morgan fingerprint density at radius 3 is 2.75 bits per heavy atom. The number of hydrogen-bond acceptors (Lipinski definition) is 4. The molecule has 0 radical (unpaired) electrons. The Kier molecular flexibility index (Phi) is 2.45. The van der Waals surface area contributed by atoms with Crippen molar-refractivity contribution in [3.05, 3.63) is 53.4 Å². The summed E-state index contributed by atoms with van der Waals surface area (Å²) >= 11 is 0. The summed E-state index contributed by atoms with van der Waals surface area (Å²) in [4.78, 5) is 4.36. The highest BCUT2D eigenvalue weighted by Gasteiger charge is 2.20. The highest BCUT2D eigenvalue weighted by Crippen LogP contribution is 2.24. The van der Waals surface area contributed by atoms with E-state index in [1.807, 2.05) is 6.92 Å². The first-order chi connectivity index (χ1) is 9.81. The van der Waals surface area contributed by atoms with Gasteiger partial charge in [0.2, 0.25) is 0 Å². The summed E-state index contributed by atoms with van der Waals surface area (Å²) < 4.78 is 7.43. The Morgan fingerprint density at radius 2 is 1.95 bits per heavy atom. The highest BCUT2D eigenvalue weighted by molar-refractivity contribution is 5.48. The van der Waals surface area contributed by atoms with Gasteiger partial charge in [0.15, 0.2) is 11.7 Å². The monoisotopic (exact) mass is 266 g/mol. The largest absolute Gasteiger partial charge is 0.449 e. The summed E-state index contributed by atoms with van der Waals surface area (Å²) in [5, 5.41) is 8.60. The molecule has 0 N–H and O–H groups in total. The predicted octanol–water partition coefficient (Wildman–Crippen LogP) is 2.39. The summed E-state index contributed by atoms with van der Waals surface area (Å²) in [5.41, 5.74) is 3.47. The van der Waals surface area contributed by atoms with Gasteiger partial charge in [-0.3, -0.25) is 0 Å². The maximum absolute atomic E-state index is 5.29. The quantitative estimate of drug-likeness (QED) is 0.678. The van der Waals surface area contributed by atoms with Crippen LogP contribution < -0.4 is 0 Å². The van der Waals surface area contributed by atoms with Gasteiger partial charge in [-0.1, -0.05) is 24.3 Å². The van der Waals surface area contributed by atoms with Crippen LogP contribution in [0.1, 0.15) is 22.8 Å². The third-order valence-corrected chi connectivity index (χ3v) is 3.74. The van der Waals surface area contributed by atoms with Crippen molar-refractivity contribution in [2.75, 3.05) is 0 Å². The van der Waals surface area contributed by atoms with Gasteiger partial charge in [0.05, 0.1) is 6.54 Å². The molecule has 2 aromatic heterocycles. The molecule has 5 nitrogen and oxygen atoms in total. The molecule has 1 aliphatic heterocycles. The number of fused-ring (bicyclic) bond motifs is 2. The number of benzene rings is 1. The molecule has 1 aliphatic rings. The fraction of sp³-hybridized carbons (Fsp3) is 0.267. The van der Waals surface area contributed by atoms with E-state index in [2.05, 4.69) is 44.0 Å². The van der Waals surface area contributed by atoms with E-state index >= 15 is 0 Å². The van der Waals surface area contributed by atoms with Crippen LogP contribution in [0.3, 0.4) is 0 Å². The maximum atomic E-state index is 5.29. The van der Waals surface area contributed by atoms with Crippen LogP contribution in [0.2, 0.25) is 0 Å². The number of aromatic nitrogens is 4. The van der Waals surface area contributed by atoms with E-state index in [9.17, 15) is 0 Å². The molecule has 0 saturated carbocycles. The van der Waals surface area contributed by atoms with Crippen LogP contribution in [0, 0.1) is 6.92 Å². The van der Waals surface area contributed by atoms with Crippen molar-refractivity contribution in [1.82, 2.24) is 19.7 Å². The molecule has 4 rings (SSSR count). The molecule has 0 spiro atoms. The molecule has 0 fully saturated rings. The minimum atomic E-state index is 0.645. The third-order valence-electron chi connectivity index (χ3n) is 3.74. The molecule has 0 atom stereocenters. The second kappa shape index (κ2) is 4.30. The Balaban J connectivity index is 1.83. The van der Waals surface area contributed by atoms with E-state index in [1.165, 1.54) is 11.1 Å². The molecular weight excluding hydrogens is 252 g/mol. The van der Waals surface area contributed by atoms with Crippen molar-refractivity contribution in [3.8, 4) is 11.5 Å². The minimum absolute atomic E-state index is 0.645. The lowest BCUT2D eigenvalue weighted by Crippen LogP contribution is -2.05. The normalized spacial score (nSPS) is 13.7. The van der Waals surface area contributed by atoms with Crippen LogP contribution in [-0.4, -0.2) is 19.7 Å². The van der Waals surface area contributed by atoms with E-state index in [1.54, 1.807) is 6.26 Å². The first-order valence-corrected chi connectivity index (χ1v) is 6.72. The van der Waals surface area contributed by atoms with Gasteiger partial charge in [0.1, 0.15) is 17.8 Å². The molecular formula is C15H14N4O. The highest BCUT2D eigenvalue weighted by atomic mass is 16.3. The van der Waals surface area contributed by atoms with E-state index in [4.69, 9.17) is 4.42 Å². The topological polar surface area (TPSA) is 56.7 Å². The summed E-state index contributed by atoms with van der Waals surface area (Å²) in [6.07, 6.45) is 3.55. The van der Waals surface area contributed by atoms with Crippen LogP contribution in [0.4, 0.5) is 0 Å². The molecule has 0 saturated heterocycles. The minimum Gasteiger partial charge on any atom is -0.449 e. The molecule has 5 heteroatoms. The summed E-state index contributed by atoms with van der Waals surface area (Å²) in [5.74, 6) is 2.44. The van der Waals surface area contributed by atoms with Crippen molar-refractivity contribution in [3.63, 3.8) is 0 Å². The zero-order valence-corrected chi connectivity index (χ0v) is 11.2. The van der Waals surface area contributed by atoms with Gasteiger partial charge in [0.25, 0.3) is 0 Å². The van der Waals surface area contributed by atoms with E-state index in [0.29, 0.717) is 5.89 Å². The SMILES string of the molecule is Cc1nc(-c2nnc3n2Cc2ccccc2CC3)co1. The lowest BCUT2D eigenvalue weighted by Gasteiger charge is -2.07. The van der Waals surface area contributed by atoms with Crippen molar-refractivity contribution in [2.24, 2.45) is 0 Å². The van der Waals surface area contributed by atoms with Crippen molar-refractivity contribution < 1.29 is 4.42 Å². The lowest BCUT2D eigenvalue weighted by molar-refractivity contribution is 0.521. The second-order valence-corrected chi connectivity index (χ2v) is 5.05. The Labute approximate surface area is 116 Å². The summed E-state index contributed by atoms with van der Waals surface area (Å²) in [7, 11) is 0. The smallest absolute Gasteiger partial charge is 0.191 e. The fourth-order valence-corrected chi connectivity index (χ4v) is 2.71. The first-order valence-electron chi connectivity index (χ1n) is 6.72. The summed E-state index contributed by atoms with van der Waals surface area (Å²) in [6, 6.07) is 8.53. The zero-order valence-electron chi connectivity index (χ0n) is 11.2. The van der Waals surface area contributed by atoms with E-state index in [0.717, 1.165) is 36.7 Å². The number of oxazole rings is 1. The van der Waals surface area contributed by atoms with Crippen LogP contribution in [-0.2, 0) is 19.4 Å². The van der Waals surface area contributed by atoms with Gasteiger partial charge in [-0.25, -0.2) is 4.98 Å². The van der Waals surface area contributed by atoms with Gasteiger partial charge < -0.3 is 8.98 Å². The second-order valence-electron chi connectivity index (χ2n) is 5.05. The molecule has 100 valence electrons. The fourth-order valence-electron chi connectivity index (χ4n) is 2.71. The van der Waals surface area contributed by atoms with E-state index < -0.39 is 0 Å². The van der Waals surface area contributed by atoms with Crippen LogP contribution in [0.25, 0.3) is 11.5 Å². The third kappa shape index (κ3) is 1.74. The van der Waals surface area contributed by atoms with Gasteiger partial charge in [-0.2, -0.15) is 0 Å². The molecule has 0 unspecified atom stereocenters. The Bertz CT molecular complexity index is 772. The molecule has 1 aromatic carbocycles. The Hall–Kier alpha value is -2.43. The number of hydrogen-bond donors (Lipinski definition) is 0. The van der Waals surface area contributed by atoms with Gasteiger partial charge in [-0.05, 0) is 17.5 Å². The number of rotatable bonds is 1. The van der Waals surface area contributed by atoms with Crippen LogP contribution in [0.15, 0.2) is 34.9 Å². The molecule has 0 aliphatic carbocycles. The number of nitrogens with zero attached hydrogens (tertiary/aromatic N) is 4. The lowest BCUT2D eigenvalue weighted by atomic mass is 10.0. The van der Waals surface area contributed by atoms with Crippen LogP contribution >= 0.6 is 0 Å². The molecule has 20 heavy (non-hydrogen) atoms. The predicted molar refractivity (Wildman–Crippen MR) is 73.2 cm³/mol. The van der Waals surface area contributed by atoms with Crippen molar-refractivity contribution in [1.29, 1.82) is 0 Å². The molecule has 0 bridgehead atoms. The molecule has 3 aromatic rings. The first kappa shape index (κ1) is 11.4. The molecule has 3 heterocycles. The average molecular weight is 266 g/mol. The van der Waals surface area contributed by atoms with Gasteiger partial charge in [-0.15, -0.1) is 10.2 Å². The number of aryl methyl sites for hydroxylation is 3. The standard InChI is InChI=1S/C15H14N4O/c1-10-16-13(9-20-10)15-18-17-14-7-6-11-4-2-3-5-12(11)8-19(14)15/h2-5,9H,6-8H2,1H3. The average Bonchev–Trinajstić information content (AvgIpc) is 3.00. The van der Waals surface area contributed by atoms with Crippen molar-refractivity contribution >= 4 is 0 Å². The summed E-state index contributed by atoms with van der Waals surface area (Å²) in [6.45, 7) is 2.62.